The zero-order valence-electron chi connectivity index (χ0n) is 13.2. The molecule has 116 valence electrons. The maximum Gasteiger partial charge on any atom is 0.310 e. The smallest absolute Gasteiger partial charge is 0.310 e. The van der Waals surface area contributed by atoms with Crippen LogP contribution in [0, 0.1) is 0 Å². The first-order valence-corrected chi connectivity index (χ1v) is 7.75. The second-order valence-electron chi connectivity index (χ2n) is 5.47. The average molecular weight is 297 g/mol. The van der Waals surface area contributed by atoms with Gasteiger partial charge in [-0.15, -0.1) is 0 Å². The van der Waals surface area contributed by atoms with Crippen LogP contribution >= 0.6 is 0 Å². The van der Waals surface area contributed by atoms with Crippen LogP contribution in [0.2, 0.25) is 0 Å². The Morgan fingerprint density at radius 2 is 1.73 bits per heavy atom. The highest BCUT2D eigenvalue weighted by atomic mass is 16.4. The molecular weight excluding hydrogens is 274 g/mol. The van der Waals surface area contributed by atoms with Crippen LogP contribution in [-0.2, 0) is 17.8 Å². The first-order valence-electron chi connectivity index (χ1n) is 7.75. The SMILES string of the molecule is CCc1cc(-c2ccc(CN)cc2)ccc1C(CC)C(=O)O. The Hall–Kier alpha value is -2.13. The molecule has 0 spiro atoms. The van der Waals surface area contributed by atoms with Gasteiger partial charge in [0, 0.05) is 6.54 Å². The highest BCUT2D eigenvalue weighted by Crippen LogP contribution is 2.29. The van der Waals surface area contributed by atoms with Crippen molar-refractivity contribution in [1.29, 1.82) is 0 Å². The largest absolute Gasteiger partial charge is 0.481 e. The predicted octanol–water partition coefficient (Wildman–Crippen LogP) is 3.95. The van der Waals surface area contributed by atoms with Crippen molar-refractivity contribution in [3.63, 3.8) is 0 Å². The number of hydrogen-bond acceptors (Lipinski definition) is 2. The summed E-state index contributed by atoms with van der Waals surface area (Å²) >= 11 is 0. The van der Waals surface area contributed by atoms with E-state index in [-0.39, 0.29) is 0 Å². The van der Waals surface area contributed by atoms with Crippen molar-refractivity contribution < 1.29 is 9.90 Å². The standard InChI is InChI=1S/C19H23NO2/c1-3-14-11-16(15-7-5-13(12-20)6-8-15)9-10-18(14)17(4-2)19(21)22/h5-11,17H,3-4,12,20H2,1-2H3,(H,21,22). The molecule has 1 unspecified atom stereocenters. The highest BCUT2D eigenvalue weighted by molar-refractivity contribution is 5.77. The monoisotopic (exact) mass is 297 g/mol. The molecule has 3 nitrogen and oxygen atoms in total. The number of nitrogens with two attached hydrogens (primary N) is 1. The second-order valence-corrected chi connectivity index (χ2v) is 5.47. The first kappa shape index (κ1) is 16.2. The van der Waals surface area contributed by atoms with E-state index in [0.29, 0.717) is 13.0 Å². The molecule has 0 aliphatic heterocycles. The van der Waals surface area contributed by atoms with E-state index < -0.39 is 11.9 Å². The number of aliphatic carboxylic acids is 1. The van der Waals surface area contributed by atoms with Gasteiger partial charge in [-0.25, -0.2) is 0 Å². The van der Waals surface area contributed by atoms with Gasteiger partial charge in [0.05, 0.1) is 5.92 Å². The summed E-state index contributed by atoms with van der Waals surface area (Å²) in [5.74, 6) is -1.18. The molecule has 0 aliphatic rings. The van der Waals surface area contributed by atoms with Crippen LogP contribution in [0.4, 0.5) is 0 Å². The minimum atomic E-state index is -0.753. The molecule has 0 fully saturated rings. The fourth-order valence-corrected chi connectivity index (χ4v) is 2.79. The number of carboxylic acids is 1. The molecule has 0 heterocycles. The third kappa shape index (κ3) is 3.37. The molecule has 0 aromatic heterocycles. The Morgan fingerprint density at radius 3 is 2.23 bits per heavy atom. The molecule has 0 saturated heterocycles. The molecule has 0 radical (unpaired) electrons. The molecule has 0 bridgehead atoms. The third-order valence-electron chi connectivity index (χ3n) is 4.13. The summed E-state index contributed by atoms with van der Waals surface area (Å²) in [6.45, 7) is 4.52. The molecule has 3 N–H and O–H groups in total. The van der Waals surface area contributed by atoms with Gasteiger partial charge in [-0.2, -0.15) is 0 Å². The minimum Gasteiger partial charge on any atom is -0.481 e. The van der Waals surface area contributed by atoms with Crippen molar-refractivity contribution in [3.05, 3.63) is 59.2 Å². The zero-order valence-corrected chi connectivity index (χ0v) is 13.2. The van der Waals surface area contributed by atoms with Crippen LogP contribution in [0.15, 0.2) is 42.5 Å². The van der Waals surface area contributed by atoms with Crippen molar-refractivity contribution >= 4 is 5.97 Å². The third-order valence-corrected chi connectivity index (χ3v) is 4.13. The van der Waals surface area contributed by atoms with Gasteiger partial charge in [-0.05, 0) is 40.7 Å². The Balaban J connectivity index is 2.41. The lowest BCUT2D eigenvalue weighted by molar-refractivity contribution is -0.138. The molecule has 0 amide bonds. The predicted molar refractivity (Wildman–Crippen MR) is 89.8 cm³/mol. The lowest BCUT2D eigenvalue weighted by Gasteiger charge is -2.16. The van der Waals surface area contributed by atoms with Crippen LogP contribution in [0.25, 0.3) is 11.1 Å². The quantitative estimate of drug-likeness (QED) is 0.848. The number of carbonyl (C=O) groups is 1. The van der Waals surface area contributed by atoms with E-state index >= 15 is 0 Å². The Labute approximate surface area is 131 Å². The van der Waals surface area contributed by atoms with Crippen LogP contribution in [0.3, 0.4) is 0 Å². The molecule has 2 aromatic carbocycles. The van der Waals surface area contributed by atoms with E-state index in [4.69, 9.17) is 5.73 Å². The molecule has 2 aromatic rings. The van der Waals surface area contributed by atoms with Gasteiger partial charge in [-0.1, -0.05) is 56.3 Å². The number of hydrogen-bond donors (Lipinski definition) is 2. The maximum atomic E-state index is 11.4. The summed E-state index contributed by atoms with van der Waals surface area (Å²) in [6.07, 6.45) is 1.43. The van der Waals surface area contributed by atoms with Crippen molar-refractivity contribution in [1.82, 2.24) is 0 Å². The van der Waals surface area contributed by atoms with Crippen LogP contribution in [-0.4, -0.2) is 11.1 Å². The highest BCUT2D eigenvalue weighted by Gasteiger charge is 2.20. The number of carboxylic acid groups (broad SMARTS) is 1. The van der Waals surface area contributed by atoms with Gasteiger partial charge in [0.15, 0.2) is 0 Å². The van der Waals surface area contributed by atoms with Gasteiger partial charge in [-0.3, -0.25) is 4.79 Å². The number of aryl methyl sites for hydroxylation is 1. The van der Waals surface area contributed by atoms with E-state index in [9.17, 15) is 9.90 Å². The van der Waals surface area contributed by atoms with Gasteiger partial charge in [0.2, 0.25) is 0 Å². The topological polar surface area (TPSA) is 63.3 Å². The molecule has 3 heteroatoms. The Kier molecular flexibility index (Phi) is 5.34. The van der Waals surface area contributed by atoms with Gasteiger partial charge >= 0.3 is 5.97 Å². The van der Waals surface area contributed by atoms with Crippen molar-refractivity contribution in [2.75, 3.05) is 0 Å². The van der Waals surface area contributed by atoms with Gasteiger partial charge in [0.1, 0.15) is 0 Å². The lowest BCUT2D eigenvalue weighted by atomic mass is 9.88. The molecular formula is C19H23NO2. The van der Waals surface area contributed by atoms with Gasteiger partial charge in [0.25, 0.3) is 0 Å². The number of benzene rings is 2. The molecule has 2 rings (SSSR count). The summed E-state index contributed by atoms with van der Waals surface area (Å²) in [5.41, 5.74) is 11.0. The van der Waals surface area contributed by atoms with Crippen molar-refractivity contribution in [3.8, 4) is 11.1 Å². The van der Waals surface area contributed by atoms with Crippen LogP contribution < -0.4 is 5.73 Å². The van der Waals surface area contributed by atoms with Crippen LogP contribution in [0.5, 0.6) is 0 Å². The van der Waals surface area contributed by atoms with E-state index in [1.54, 1.807) is 0 Å². The fourth-order valence-electron chi connectivity index (χ4n) is 2.79. The van der Waals surface area contributed by atoms with Gasteiger partial charge < -0.3 is 10.8 Å². The lowest BCUT2D eigenvalue weighted by Crippen LogP contribution is -2.12. The molecule has 0 aliphatic carbocycles. The summed E-state index contributed by atoms with van der Waals surface area (Å²) in [7, 11) is 0. The van der Waals surface area contributed by atoms with Crippen molar-refractivity contribution in [2.24, 2.45) is 5.73 Å². The Bertz CT molecular complexity index is 647. The molecule has 22 heavy (non-hydrogen) atoms. The Morgan fingerprint density at radius 1 is 1.09 bits per heavy atom. The zero-order chi connectivity index (χ0) is 16.1. The van der Waals surface area contributed by atoms with E-state index in [0.717, 1.165) is 34.2 Å². The summed E-state index contributed by atoms with van der Waals surface area (Å²) in [5, 5.41) is 9.38. The summed E-state index contributed by atoms with van der Waals surface area (Å²) in [6, 6.07) is 14.3. The normalized spacial score (nSPS) is 12.1. The molecule has 0 saturated carbocycles. The minimum absolute atomic E-state index is 0.427. The second kappa shape index (κ2) is 7.23. The van der Waals surface area contributed by atoms with E-state index in [1.165, 1.54) is 0 Å². The summed E-state index contributed by atoms with van der Waals surface area (Å²) < 4.78 is 0. The van der Waals surface area contributed by atoms with E-state index in [1.807, 2.05) is 31.2 Å². The van der Waals surface area contributed by atoms with E-state index in [2.05, 4.69) is 25.1 Å². The number of rotatable bonds is 6. The average Bonchev–Trinajstić information content (AvgIpc) is 2.55. The van der Waals surface area contributed by atoms with Crippen LogP contribution in [0.1, 0.15) is 42.9 Å². The molecule has 1 atom stereocenters. The maximum absolute atomic E-state index is 11.4. The summed E-state index contributed by atoms with van der Waals surface area (Å²) in [4.78, 5) is 11.4. The van der Waals surface area contributed by atoms with Crippen molar-refractivity contribution in [2.45, 2.75) is 39.2 Å². The fraction of sp³-hybridized carbons (Fsp3) is 0.316. The first-order chi connectivity index (χ1) is 10.6.